The Morgan fingerprint density at radius 3 is 2.65 bits per heavy atom. The molecule has 5 heteroatoms. The predicted octanol–water partition coefficient (Wildman–Crippen LogP) is 1.67. The number of hydrogen-bond acceptors (Lipinski definition) is 5. The lowest BCUT2D eigenvalue weighted by atomic mass is 9.80. The van der Waals surface area contributed by atoms with E-state index < -0.39 is 5.60 Å². The van der Waals surface area contributed by atoms with Crippen molar-refractivity contribution in [1.29, 1.82) is 0 Å². The number of nitrogens with zero attached hydrogens (tertiary/aromatic N) is 3. The summed E-state index contributed by atoms with van der Waals surface area (Å²) in [5.74, 6) is -0.179. The predicted molar refractivity (Wildman–Crippen MR) is 74.1 cm³/mol. The highest BCUT2D eigenvalue weighted by Crippen LogP contribution is 2.42. The topological polar surface area (TPSA) is 55.3 Å². The molecule has 108 valence electrons. The van der Waals surface area contributed by atoms with Crippen molar-refractivity contribution in [1.82, 2.24) is 15.1 Å². The average molecular weight is 275 g/mol. The van der Waals surface area contributed by atoms with Gasteiger partial charge in [0, 0.05) is 37.0 Å². The first kappa shape index (κ1) is 13.5. The van der Waals surface area contributed by atoms with Gasteiger partial charge in [0.05, 0.1) is 18.3 Å². The molecule has 0 bridgehead atoms. The summed E-state index contributed by atoms with van der Waals surface area (Å²) >= 11 is 0. The van der Waals surface area contributed by atoms with E-state index in [1.165, 1.54) is 0 Å². The van der Waals surface area contributed by atoms with Crippen molar-refractivity contribution in [2.75, 3.05) is 13.1 Å². The Labute approximate surface area is 119 Å². The van der Waals surface area contributed by atoms with Gasteiger partial charge in [0.15, 0.2) is 0 Å². The molecular weight excluding hydrogens is 254 g/mol. The van der Waals surface area contributed by atoms with Gasteiger partial charge in [-0.3, -0.25) is 9.69 Å². The molecule has 1 spiro atoms. The second-order valence-electron chi connectivity index (χ2n) is 6.69. The molecule has 3 rings (SSSR count). The maximum absolute atomic E-state index is 11.9. The Balaban J connectivity index is 1.89. The van der Waals surface area contributed by atoms with E-state index in [2.05, 4.69) is 35.9 Å². The van der Waals surface area contributed by atoms with Gasteiger partial charge >= 0.3 is 5.97 Å². The van der Waals surface area contributed by atoms with Crippen molar-refractivity contribution in [3.63, 3.8) is 0 Å². The second-order valence-corrected chi connectivity index (χ2v) is 6.69. The zero-order valence-electron chi connectivity index (χ0n) is 12.3. The lowest BCUT2D eigenvalue weighted by molar-refractivity contribution is -0.170. The molecule has 0 aromatic carbocycles. The van der Waals surface area contributed by atoms with Crippen molar-refractivity contribution < 1.29 is 9.53 Å². The van der Waals surface area contributed by atoms with Crippen molar-refractivity contribution >= 4 is 5.97 Å². The number of aromatic nitrogens is 2. The van der Waals surface area contributed by atoms with Crippen LogP contribution in [0.15, 0.2) is 12.3 Å². The lowest BCUT2D eigenvalue weighted by Gasteiger charge is -2.47. The monoisotopic (exact) mass is 275 g/mol. The Bertz CT molecular complexity index is 528. The number of fused-ring (bicyclic) bond motifs is 2. The molecule has 2 aliphatic rings. The van der Waals surface area contributed by atoms with Crippen LogP contribution in [0.4, 0.5) is 0 Å². The minimum absolute atomic E-state index is 0.152. The highest BCUT2D eigenvalue weighted by atomic mass is 16.6. The third-order valence-corrected chi connectivity index (χ3v) is 4.43. The van der Waals surface area contributed by atoms with Crippen molar-refractivity contribution in [3.8, 4) is 0 Å². The zero-order chi connectivity index (χ0) is 14.4. The molecule has 0 saturated carbocycles. The van der Waals surface area contributed by atoms with E-state index in [0.29, 0.717) is 0 Å². The van der Waals surface area contributed by atoms with Crippen LogP contribution in [0, 0.1) is 0 Å². The van der Waals surface area contributed by atoms with E-state index in [1.54, 1.807) is 6.20 Å². The Morgan fingerprint density at radius 1 is 1.30 bits per heavy atom. The average Bonchev–Trinajstić information content (AvgIpc) is 2.38. The number of rotatable bonds is 0. The smallest absolute Gasteiger partial charge is 0.312 e. The number of hydrogen-bond donors (Lipinski definition) is 0. The van der Waals surface area contributed by atoms with Gasteiger partial charge in [0.25, 0.3) is 0 Å². The number of ether oxygens (including phenoxy) is 1. The summed E-state index contributed by atoms with van der Waals surface area (Å²) < 4.78 is 5.77. The van der Waals surface area contributed by atoms with E-state index in [-0.39, 0.29) is 17.9 Å². The molecule has 2 aliphatic heterocycles. The number of carbonyl (C=O) groups is 1. The van der Waals surface area contributed by atoms with Gasteiger partial charge in [-0.1, -0.05) is 0 Å². The van der Waals surface area contributed by atoms with Crippen LogP contribution >= 0.6 is 0 Å². The van der Waals surface area contributed by atoms with E-state index in [0.717, 1.165) is 37.2 Å². The number of esters is 1. The molecule has 1 fully saturated rings. The van der Waals surface area contributed by atoms with Crippen LogP contribution in [0.5, 0.6) is 0 Å². The fourth-order valence-corrected chi connectivity index (χ4v) is 3.26. The fourth-order valence-electron chi connectivity index (χ4n) is 3.26. The SMILES string of the molecule is CC(C)(C)N1CCC2(CC1)OC(=O)Cc1nnccc12. The van der Waals surface area contributed by atoms with Gasteiger partial charge in [-0.05, 0) is 26.8 Å². The summed E-state index contributed by atoms with van der Waals surface area (Å²) in [6.45, 7) is 8.52. The standard InChI is InChI=1S/C15H21N3O2/c1-14(2,3)18-8-5-15(6-9-18)11-4-7-16-17-12(11)10-13(19)20-15/h4,7H,5-6,8-10H2,1-3H3. The second kappa shape index (κ2) is 4.52. The highest BCUT2D eigenvalue weighted by Gasteiger charge is 2.46. The lowest BCUT2D eigenvalue weighted by Crippen LogP contribution is -2.53. The molecule has 0 amide bonds. The first-order valence-corrected chi connectivity index (χ1v) is 7.19. The normalized spacial score (nSPS) is 22.4. The first-order valence-electron chi connectivity index (χ1n) is 7.19. The largest absolute Gasteiger partial charge is 0.454 e. The molecule has 0 N–H and O–H groups in total. The third kappa shape index (κ3) is 2.20. The highest BCUT2D eigenvalue weighted by molar-refractivity contribution is 5.75. The molecule has 3 heterocycles. The van der Waals surface area contributed by atoms with Crippen LogP contribution in [-0.2, 0) is 21.6 Å². The Kier molecular flexibility index (Phi) is 3.05. The molecule has 0 unspecified atom stereocenters. The van der Waals surface area contributed by atoms with Gasteiger partial charge in [-0.25, -0.2) is 0 Å². The Hall–Kier alpha value is -1.49. The Morgan fingerprint density at radius 2 is 2.00 bits per heavy atom. The molecule has 1 aromatic rings. The minimum atomic E-state index is -0.484. The summed E-state index contributed by atoms with van der Waals surface area (Å²) in [5.41, 5.74) is 1.51. The van der Waals surface area contributed by atoms with Crippen LogP contribution in [0.2, 0.25) is 0 Å². The van der Waals surface area contributed by atoms with Crippen LogP contribution < -0.4 is 0 Å². The van der Waals surface area contributed by atoms with Crippen molar-refractivity contribution in [2.45, 2.75) is 51.2 Å². The zero-order valence-corrected chi connectivity index (χ0v) is 12.3. The van der Waals surface area contributed by atoms with Crippen LogP contribution in [0.25, 0.3) is 0 Å². The van der Waals surface area contributed by atoms with E-state index in [1.807, 2.05) is 6.07 Å². The van der Waals surface area contributed by atoms with Gasteiger partial charge in [0.2, 0.25) is 0 Å². The molecular formula is C15H21N3O2. The van der Waals surface area contributed by atoms with E-state index in [9.17, 15) is 4.79 Å². The van der Waals surface area contributed by atoms with Gasteiger partial charge in [0.1, 0.15) is 5.60 Å². The van der Waals surface area contributed by atoms with E-state index >= 15 is 0 Å². The van der Waals surface area contributed by atoms with Crippen LogP contribution in [0.3, 0.4) is 0 Å². The quantitative estimate of drug-likeness (QED) is 0.674. The summed E-state index contributed by atoms with van der Waals surface area (Å²) in [5, 5.41) is 8.02. The van der Waals surface area contributed by atoms with Crippen molar-refractivity contribution in [3.05, 3.63) is 23.5 Å². The summed E-state index contributed by atoms with van der Waals surface area (Å²) in [6.07, 6.45) is 3.59. The molecule has 0 aliphatic carbocycles. The molecule has 20 heavy (non-hydrogen) atoms. The third-order valence-electron chi connectivity index (χ3n) is 4.43. The van der Waals surface area contributed by atoms with E-state index in [4.69, 9.17) is 4.74 Å². The summed E-state index contributed by atoms with van der Waals surface area (Å²) in [6, 6.07) is 1.96. The maximum Gasteiger partial charge on any atom is 0.312 e. The number of likely N-dealkylation sites (tertiary alicyclic amines) is 1. The number of carbonyl (C=O) groups excluding carboxylic acids is 1. The molecule has 1 saturated heterocycles. The van der Waals surface area contributed by atoms with Gasteiger partial charge in [-0.15, -0.1) is 0 Å². The van der Waals surface area contributed by atoms with Gasteiger partial charge in [-0.2, -0.15) is 10.2 Å². The molecule has 5 nitrogen and oxygen atoms in total. The molecule has 0 radical (unpaired) electrons. The van der Waals surface area contributed by atoms with Crippen LogP contribution in [-0.4, -0.2) is 39.7 Å². The van der Waals surface area contributed by atoms with Crippen LogP contribution in [0.1, 0.15) is 44.9 Å². The maximum atomic E-state index is 11.9. The summed E-state index contributed by atoms with van der Waals surface area (Å²) in [4.78, 5) is 14.3. The molecule has 0 atom stereocenters. The minimum Gasteiger partial charge on any atom is -0.454 e. The molecule has 1 aromatic heterocycles. The van der Waals surface area contributed by atoms with Crippen molar-refractivity contribution in [2.24, 2.45) is 0 Å². The fraction of sp³-hybridized carbons (Fsp3) is 0.667. The number of piperidine rings is 1. The summed E-state index contributed by atoms with van der Waals surface area (Å²) in [7, 11) is 0. The first-order chi connectivity index (χ1) is 9.41. The van der Waals surface area contributed by atoms with Gasteiger partial charge < -0.3 is 4.74 Å².